The fraction of sp³-hybridized carbons (Fsp3) is 0.333. The summed E-state index contributed by atoms with van der Waals surface area (Å²) < 4.78 is 0. The molecule has 1 heterocycles. The van der Waals surface area contributed by atoms with E-state index in [2.05, 4.69) is 27.4 Å². The summed E-state index contributed by atoms with van der Waals surface area (Å²) in [5.41, 5.74) is 3.08. The van der Waals surface area contributed by atoms with Gasteiger partial charge in [-0.05, 0) is 61.6 Å². The Bertz CT molecular complexity index is 914. The zero-order valence-corrected chi connectivity index (χ0v) is 18.8. The van der Waals surface area contributed by atoms with Crippen molar-refractivity contribution >= 4 is 57.8 Å². The maximum absolute atomic E-state index is 12.4. The Morgan fingerprint density at radius 3 is 2.41 bits per heavy atom. The molecular formula is C21H24Cl2N4OS. The first-order chi connectivity index (χ1) is 13.9. The average molecular weight is 451 g/mol. The number of amides is 1. The average Bonchev–Trinajstić information content (AvgIpc) is 2.68. The molecule has 0 aliphatic carbocycles. The van der Waals surface area contributed by atoms with Crippen molar-refractivity contribution in [2.24, 2.45) is 0 Å². The predicted molar refractivity (Wildman–Crippen MR) is 126 cm³/mol. The highest BCUT2D eigenvalue weighted by atomic mass is 35.5. The van der Waals surface area contributed by atoms with Gasteiger partial charge in [-0.25, -0.2) is 0 Å². The van der Waals surface area contributed by atoms with Crippen LogP contribution in [0.3, 0.4) is 0 Å². The Morgan fingerprint density at radius 1 is 1.07 bits per heavy atom. The summed E-state index contributed by atoms with van der Waals surface area (Å²) in [4.78, 5) is 17.1. The van der Waals surface area contributed by atoms with E-state index < -0.39 is 0 Å². The molecule has 1 aliphatic rings. The zero-order chi connectivity index (χ0) is 21.0. The molecule has 1 fully saturated rings. The second-order valence-corrected chi connectivity index (χ2v) is 8.20. The topological polar surface area (TPSA) is 47.6 Å². The molecule has 0 atom stereocenters. The lowest BCUT2D eigenvalue weighted by Gasteiger charge is -2.36. The quantitative estimate of drug-likeness (QED) is 0.667. The first kappa shape index (κ1) is 21.8. The predicted octanol–water partition coefficient (Wildman–Crippen LogP) is 4.57. The number of nitrogens with one attached hydrogen (secondary N) is 2. The molecule has 0 aromatic heterocycles. The number of hydrogen-bond donors (Lipinski definition) is 2. The molecule has 0 bridgehead atoms. The molecule has 0 radical (unpaired) electrons. The number of carbonyl (C=O) groups excluding carboxylic acids is 1. The molecule has 8 heteroatoms. The van der Waals surface area contributed by atoms with Crippen LogP contribution in [0.5, 0.6) is 0 Å². The highest BCUT2D eigenvalue weighted by molar-refractivity contribution is 7.80. The van der Waals surface area contributed by atoms with Crippen LogP contribution >= 0.6 is 35.4 Å². The van der Waals surface area contributed by atoms with Crippen LogP contribution in [0.25, 0.3) is 0 Å². The minimum atomic E-state index is -0.357. The van der Waals surface area contributed by atoms with Gasteiger partial charge in [0.05, 0.1) is 21.3 Å². The van der Waals surface area contributed by atoms with Gasteiger partial charge in [0.25, 0.3) is 5.91 Å². The van der Waals surface area contributed by atoms with E-state index in [9.17, 15) is 4.79 Å². The number of nitrogens with zero attached hydrogens (tertiary/aromatic N) is 2. The maximum atomic E-state index is 12.4. The largest absolute Gasteiger partial charge is 0.368 e. The van der Waals surface area contributed by atoms with E-state index in [0.29, 0.717) is 21.3 Å². The van der Waals surface area contributed by atoms with Gasteiger partial charge in [0, 0.05) is 31.9 Å². The van der Waals surface area contributed by atoms with Crippen molar-refractivity contribution in [2.45, 2.75) is 13.8 Å². The van der Waals surface area contributed by atoms with Crippen molar-refractivity contribution in [3.05, 3.63) is 57.6 Å². The third-order valence-electron chi connectivity index (χ3n) is 4.96. The molecule has 1 saturated heterocycles. The first-order valence-electron chi connectivity index (χ1n) is 9.52. The van der Waals surface area contributed by atoms with Gasteiger partial charge < -0.3 is 15.1 Å². The van der Waals surface area contributed by atoms with E-state index in [1.54, 1.807) is 12.1 Å². The number of carbonyl (C=O) groups is 1. The standard InChI is InChI=1S/C21H24Cl2N4OS/c1-3-26-8-10-27(11-9-26)19-7-5-15(13-18(19)23)24-21(29)25-20(28)16-6-4-14(2)12-17(16)22/h4-7,12-13H,3,8-11H2,1-2H3,(H2,24,25,28,29). The zero-order valence-electron chi connectivity index (χ0n) is 16.5. The Kier molecular flexibility index (Phi) is 7.35. The maximum Gasteiger partial charge on any atom is 0.258 e. The number of piperazine rings is 1. The van der Waals surface area contributed by atoms with Crippen LogP contribution in [0, 0.1) is 6.92 Å². The SMILES string of the molecule is CCN1CCN(c2ccc(NC(=S)NC(=O)c3ccc(C)cc3Cl)cc2Cl)CC1. The number of rotatable bonds is 4. The van der Waals surface area contributed by atoms with Gasteiger partial charge >= 0.3 is 0 Å². The van der Waals surface area contributed by atoms with Crippen molar-refractivity contribution in [3.8, 4) is 0 Å². The minimum absolute atomic E-state index is 0.187. The first-order valence-corrected chi connectivity index (χ1v) is 10.7. The fourth-order valence-electron chi connectivity index (χ4n) is 3.28. The fourth-order valence-corrected chi connectivity index (χ4v) is 4.11. The molecule has 0 spiro atoms. The van der Waals surface area contributed by atoms with E-state index in [0.717, 1.165) is 44.0 Å². The van der Waals surface area contributed by atoms with Crippen LogP contribution < -0.4 is 15.5 Å². The van der Waals surface area contributed by atoms with Gasteiger partial charge in [0.1, 0.15) is 0 Å². The summed E-state index contributed by atoms with van der Waals surface area (Å²) in [7, 11) is 0. The monoisotopic (exact) mass is 450 g/mol. The third-order valence-corrected chi connectivity index (χ3v) is 5.78. The summed E-state index contributed by atoms with van der Waals surface area (Å²) in [6, 6.07) is 11.0. The van der Waals surface area contributed by atoms with Crippen LogP contribution in [0.15, 0.2) is 36.4 Å². The second kappa shape index (κ2) is 9.76. The molecule has 1 aliphatic heterocycles. The molecule has 29 heavy (non-hydrogen) atoms. The Balaban J connectivity index is 1.61. The van der Waals surface area contributed by atoms with Crippen molar-refractivity contribution in [2.75, 3.05) is 42.9 Å². The van der Waals surface area contributed by atoms with Crippen molar-refractivity contribution < 1.29 is 4.79 Å². The Hall–Kier alpha value is -1.86. The van der Waals surface area contributed by atoms with Gasteiger partial charge in [-0.3, -0.25) is 10.1 Å². The number of hydrogen-bond acceptors (Lipinski definition) is 4. The van der Waals surface area contributed by atoms with Gasteiger partial charge in [-0.1, -0.05) is 36.2 Å². The number of thiocarbonyl (C=S) groups is 1. The van der Waals surface area contributed by atoms with E-state index >= 15 is 0 Å². The number of anilines is 2. The van der Waals surface area contributed by atoms with Crippen molar-refractivity contribution in [1.29, 1.82) is 0 Å². The summed E-state index contributed by atoms with van der Waals surface area (Å²) in [6.45, 7) is 9.13. The highest BCUT2D eigenvalue weighted by Gasteiger charge is 2.18. The molecule has 0 unspecified atom stereocenters. The number of likely N-dealkylation sites (N-methyl/N-ethyl adjacent to an activating group) is 1. The molecule has 2 aromatic carbocycles. The number of benzene rings is 2. The van der Waals surface area contributed by atoms with Gasteiger partial charge in [0.2, 0.25) is 0 Å². The molecule has 0 saturated carbocycles. The van der Waals surface area contributed by atoms with Crippen molar-refractivity contribution in [3.63, 3.8) is 0 Å². The number of aryl methyl sites for hydroxylation is 1. The summed E-state index contributed by atoms with van der Waals surface area (Å²) in [6.07, 6.45) is 0. The third kappa shape index (κ3) is 5.60. The lowest BCUT2D eigenvalue weighted by atomic mass is 10.1. The summed E-state index contributed by atoms with van der Waals surface area (Å²) in [5.74, 6) is -0.357. The van der Waals surface area contributed by atoms with Crippen LogP contribution in [0.1, 0.15) is 22.8 Å². The molecule has 2 aromatic rings. The van der Waals surface area contributed by atoms with E-state index in [1.165, 1.54) is 0 Å². The normalized spacial score (nSPS) is 14.6. The van der Waals surface area contributed by atoms with Gasteiger partial charge in [-0.2, -0.15) is 0 Å². The minimum Gasteiger partial charge on any atom is -0.368 e. The van der Waals surface area contributed by atoms with Crippen LogP contribution in [-0.2, 0) is 0 Å². The lowest BCUT2D eigenvalue weighted by Crippen LogP contribution is -2.46. The van der Waals surface area contributed by atoms with Gasteiger partial charge in [-0.15, -0.1) is 0 Å². The van der Waals surface area contributed by atoms with Crippen molar-refractivity contribution in [1.82, 2.24) is 10.2 Å². The summed E-state index contributed by atoms with van der Waals surface area (Å²) >= 11 is 17.9. The van der Waals surface area contributed by atoms with E-state index in [4.69, 9.17) is 35.4 Å². The summed E-state index contributed by atoms with van der Waals surface area (Å²) in [5, 5.41) is 6.88. The number of halogens is 2. The molecule has 5 nitrogen and oxygen atoms in total. The Labute approximate surface area is 187 Å². The van der Waals surface area contributed by atoms with E-state index in [-0.39, 0.29) is 11.0 Å². The molecular weight excluding hydrogens is 427 g/mol. The second-order valence-electron chi connectivity index (χ2n) is 6.98. The smallest absolute Gasteiger partial charge is 0.258 e. The van der Waals surface area contributed by atoms with Gasteiger partial charge in [0.15, 0.2) is 5.11 Å². The molecule has 154 valence electrons. The molecule has 2 N–H and O–H groups in total. The van der Waals surface area contributed by atoms with Crippen LogP contribution in [0.4, 0.5) is 11.4 Å². The van der Waals surface area contributed by atoms with E-state index in [1.807, 2.05) is 31.2 Å². The molecule has 3 rings (SSSR count). The molecule has 1 amide bonds. The Morgan fingerprint density at radius 2 is 1.79 bits per heavy atom. The lowest BCUT2D eigenvalue weighted by molar-refractivity contribution is 0.0978. The van der Waals surface area contributed by atoms with Crippen LogP contribution in [-0.4, -0.2) is 48.6 Å². The highest BCUT2D eigenvalue weighted by Crippen LogP contribution is 2.29. The van der Waals surface area contributed by atoms with Crippen LogP contribution in [0.2, 0.25) is 10.0 Å².